The highest BCUT2D eigenvalue weighted by atomic mass is 19.3. The molecule has 0 amide bonds. The van der Waals surface area contributed by atoms with Gasteiger partial charge in [-0.05, 0) is 30.4 Å². The molecule has 0 heterocycles. The van der Waals surface area contributed by atoms with Crippen molar-refractivity contribution < 1.29 is 23.8 Å². The molecule has 0 aromatic heterocycles. The van der Waals surface area contributed by atoms with Crippen LogP contribution in [-0.4, -0.2) is 16.2 Å². The fraction of sp³-hybridized carbons (Fsp3) is 0.500. The van der Waals surface area contributed by atoms with E-state index in [0.29, 0.717) is 18.4 Å². The van der Waals surface area contributed by atoms with Crippen LogP contribution in [0.1, 0.15) is 55.7 Å². The third kappa shape index (κ3) is 2.17. The predicted octanol–water partition coefficient (Wildman–Crippen LogP) is 3.57. The minimum atomic E-state index is -2.82. The van der Waals surface area contributed by atoms with Crippen molar-refractivity contribution in [1.82, 2.24) is 0 Å². The molecule has 1 aromatic rings. The van der Waals surface area contributed by atoms with Crippen LogP contribution >= 0.6 is 0 Å². The number of carboxylic acids is 1. The Hall–Kier alpha value is -1.65. The highest BCUT2D eigenvalue weighted by Crippen LogP contribution is 2.53. The van der Waals surface area contributed by atoms with Gasteiger partial charge in [-0.2, -0.15) is 0 Å². The Balaban J connectivity index is 2.63. The molecule has 2 N–H and O–H groups in total. The number of hydrogen-bond acceptors (Lipinski definition) is 2. The van der Waals surface area contributed by atoms with Crippen molar-refractivity contribution in [3.63, 3.8) is 0 Å². The summed E-state index contributed by atoms with van der Waals surface area (Å²) in [6.07, 6.45) is -2.07. The van der Waals surface area contributed by atoms with Gasteiger partial charge in [-0.1, -0.05) is 19.9 Å². The molecule has 1 fully saturated rings. The number of phenolic OH excluding ortho intramolecular Hbond substituents is 1. The van der Waals surface area contributed by atoms with E-state index in [1.807, 2.05) is 13.8 Å². The van der Waals surface area contributed by atoms with Crippen LogP contribution in [0.5, 0.6) is 5.75 Å². The second kappa shape index (κ2) is 4.47. The third-order valence-electron chi connectivity index (χ3n) is 3.74. The lowest BCUT2D eigenvalue weighted by Crippen LogP contribution is -2.20. The number of hydrogen-bond donors (Lipinski definition) is 2. The number of halogens is 2. The zero-order valence-corrected chi connectivity index (χ0v) is 10.8. The molecule has 0 radical (unpaired) electrons. The van der Waals surface area contributed by atoms with Gasteiger partial charge in [0, 0.05) is 5.56 Å². The number of aliphatic carboxylic acids is 1. The van der Waals surface area contributed by atoms with Crippen LogP contribution in [0.25, 0.3) is 0 Å². The van der Waals surface area contributed by atoms with Gasteiger partial charge in [-0.15, -0.1) is 0 Å². The molecule has 0 spiro atoms. The second-order valence-electron chi connectivity index (χ2n) is 5.35. The van der Waals surface area contributed by atoms with E-state index in [9.17, 15) is 23.8 Å². The topological polar surface area (TPSA) is 57.5 Å². The Morgan fingerprint density at radius 1 is 1.32 bits per heavy atom. The molecule has 0 bridgehead atoms. The number of benzene rings is 1. The molecule has 0 unspecified atom stereocenters. The first kappa shape index (κ1) is 13.8. The van der Waals surface area contributed by atoms with Gasteiger partial charge in [0.1, 0.15) is 5.75 Å². The van der Waals surface area contributed by atoms with Gasteiger partial charge in [0.05, 0.1) is 11.0 Å². The number of alkyl halides is 2. The van der Waals surface area contributed by atoms with E-state index in [1.165, 1.54) is 6.07 Å². The molecule has 19 heavy (non-hydrogen) atoms. The van der Waals surface area contributed by atoms with Crippen molar-refractivity contribution in [2.24, 2.45) is 0 Å². The summed E-state index contributed by atoms with van der Waals surface area (Å²) < 4.78 is 25.9. The minimum absolute atomic E-state index is 0.0126. The maximum atomic E-state index is 13.0. The van der Waals surface area contributed by atoms with Crippen LogP contribution in [0.3, 0.4) is 0 Å². The first-order valence-corrected chi connectivity index (χ1v) is 6.18. The molecular formula is C14H16F2O3. The fourth-order valence-corrected chi connectivity index (χ4v) is 2.27. The van der Waals surface area contributed by atoms with Crippen LogP contribution in [0.4, 0.5) is 8.78 Å². The van der Waals surface area contributed by atoms with E-state index in [-0.39, 0.29) is 11.5 Å². The predicted molar refractivity (Wildman–Crippen MR) is 65.7 cm³/mol. The van der Waals surface area contributed by atoms with Crippen LogP contribution in [0.2, 0.25) is 0 Å². The Morgan fingerprint density at radius 2 is 1.89 bits per heavy atom. The summed E-state index contributed by atoms with van der Waals surface area (Å²) >= 11 is 0. The molecule has 3 nitrogen and oxygen atoms in total. The monoisotopic (exact) mass is 270 g/mol. The molecule has 0 aliphatic heterocycles. The Kier molecular flexibility index (Phi) is 3.24. The summed E-state index contributed by atoms with van der Waals surface area (Å²) in [6.45, 7) is 3.68. The quantitative estimate of drug-likeness (QED) is 0.879. The van der Waals surface area contributed by atoms with Gasteiger partial charge < -0.3 is 10.2 Å². The summed E-state index contributed by atoms with van der Waals surface area (Å²) in [4.78, 5) is 11.3. The van der Waals surface area contributed by atoms with E-state index in [4.69, 9.17) is 0 Å². The minimum Gasteiger partial charge on any atom is -0.507 e. The fourth-order valence-electron chi connectivity index (χ4n) is 2.27. The van der Waals surface area contributed by atoms with Gasteiger partial charge in [0.2, 0.25) is 0 Å². The van der Waals surface area contributed by atoms with E-state index in [1.54, 1.807) is 6.07 Å². The first-order chi connectivity index (χ1) is 8.79. The molecule has 0 atom stereocenters. The highest BCUT2D eigenvalue weighted by molar-refractivity contribution is 5.86. The van der Waals surface area contributed by atoms with Crippen molar-refractivity contribution >= 4 is 5.97 Å². The van der Waals surface area contributed by atoms with E-state index < -0.39 is 29.1 Å². The summed E-state index contributed by atoms with van der Waals surface area (Å²) in [5, 5.41) is 19.2. The van der Waals surface area contributed by atoms with Crippen molar-refractivity contribution in [1.29, 1.82) is 0 Å². The SMILES string of the molecule is CC(C)c1cc(C(F)F)c(O)c(C2(C(=O)O)CC2)c1. The Labute approximate surface area is 109 Å². The summed E-state index contributed by atoms with van der Waals surface area (Å²) in [6, 6.07) is 2.80. The Bertz CT molecular complexity index is 520. The highest BCUT2D eigenvalue weighted by Gasteiger charge is 2.53. The maximum absolute atomic E-state index is 13.0. The molecule has 1 saturated carbocycles. The van der Waals surface area contributed by atoms with Crippen molar-refractivity contribution in [2.45, 2.75) is 44.4 Å². The lowest BCUT2D eigenvalue weighted by molar-refractivity contribution is -0.140. The standard InChI is InChI=1S/C14H16F2O3/c1-7(2)8-5-9(12(15)16)11(17)10(6-8)14(3-4-14)13(18)19/h5-7,12,17H,3-4H2,1-2H3,(H,18,19). The smallest absolute Gasteiger partial charge is 0.314 e. The van der Waals surface area contributed by atoms with Gasteiger partial charge in [-0.25, -0.2) is 8.78 Å². The molecule has 1 aromatic carbocycles. The van der Waals surface area contributed by atoms with E-state index >= 15 is 0 Å². The number of phenols is 1. The van der Waals surface area contributed by atoms with Crippen LogP contribution in [-0.2, 0) is 10.2 Å². The van der Waals surface area contributed by atoms with E-state index in [2.05, 4.69) is 0 Å². The van der Waals surface area contributed by atoms with Crippen molar-refractivity contribution in [3.8, 4) is 5.75 Å². The van der Waals surface area contributed by atoms with E-state index in [0.717, 1.165) is 0 Å². The normalized spacial score (nSPS) is 16.9. The average Bonchev–Trinajstić information content (AvgIpc) is 3.09. The van der Waals surface area contributed by atoms with Gasteiger partial charge in [0.15, 0.2) is 0 Å². The van der Waals surface area contributed by atoms with Gasteiger partial charge in [-0.3, -0.25) is 4.79 Å². The number of aromatic hydroxyl groups is 1. The maximum Gasteiger partial charge on any atom is 0.314 e. The molecule has 1 aliphatic carbocycles. The van der Waals surface area contributed by atoms with Crippen LogP contribution in [0.15, 0.2) is 12.1 Å². The Morgan fingerprint density at radius 3 is 2.26 bits per heavy atom. The molecule has 5 heteroatoms. The van der Waals surface area contributed by atoms with Gasteiger partial charge >= 0.3 is 5.97 Å². The second-order valence-corrected chi connectivity index (χ2v) is 5.35. The largest absolute Gasteiger partial charge is 0.507 e. The molecule has 1 aliphatic rings. The van der Waals surface area contributed by atoms with Gasteiger partial charge in [0.25, 0.3) is 6.43 Å². The zero-order valence-electron chi connectivity index (χ0n) is 10.8. The molecular weight excluding hydrogens is 254 g/mol. The summed E-state index contributed by atoms with van der Waals surface area (Å²) in [7, 11) is 0. The molecule has 2 rings (SSSR count). The first-order valence-electron chi connectivity index (χ1n) is 6.18. The number of carbonyl (C=O) groups is 1. The lowest BCUT2D eigenvalue weighted by atomic mass is 9.88. The van der Waals surface area contributed by atoms with Crippen molar-refractivity contribution in [3.05, 3.63) is 28.8 Å². The van der Waals surface area contributed by atoms with Crippen LogP contribution < -0.4 is 0 Å². The molecule has 0 saturated heterocycles. The third-order valence-corrected chi connectivity index (χ3v) is 3.74. The number of rotatable bonds is 4. The van der Waals surface area contributed by atoms with Crippen LogP contribution in [0, 0.1) is 0 Å². The summed E-state index contributed by atoms with van der Waals surface area (Å²) in [5.41, 5.74) is -0.913. The summed E-state index contributed by atoms with van der Waals surface area (Å²) in [5.74, 6) is -1.65. The zero-order chi connectivity index (χ0) is 14.4. The van der Waals surface area contributed by atoms with Crippen molar-refractivity contribution in [2.75, 3.05) is 0 Å². The average molecular weight is 270 g/mol. The molecule has 104 valence electrons. The number of carboxylic acid groups (broad SMARTS) is 1. The lowest BCUT2D eigenvalue weighted by Gasteiger charge is -2.18.